The van der Waals surface area contributed by atoms with E-state index in [1.165, 1.54) is 16.6 Å². The van der Waals surface area contributed by atoms with Gasteiger partial charge in [-0.3, -0.25) is 19.1 Å². The SMILES string of the molecule is COCCN(C(=O)C1CC1)c1c(N)n(CC(C)C)c(=O)[nH]c1=O. The van der Waals surface area contributed by atoms with Gasteiger partial charge in [0.2, 0.25) is 5.91 Å². The first-order valence-electron chi connectivity index (χ1n) is 7.79. The van der Waals surface area contributed by atoms with Crippen molar-refractivity contribution in [1.82, 2.24) is 9.55 Å². The Balaban J connectivity index is 2.50. The van der Waals surface area contributed by atoms with Crippen LogP contribution in [0.15, 0.2) is 9.59 Å². The van der Waals surface area contributed by atoms with Crippen molar-refractivity contribution in [3.8, 4) is 0 Å². The molecule has 1 saturated carbocycles. The predicted molar refractivity (Wildman–Crippen MR) is 87.5 cm³/mol. The van der Waals surface area contributed by atoms with E-state index in [0.29, 0.717) is 6.54 Å². The van der Waals surface area contributed by atoms with Gasteiger partial charge in [0.15, 0.2) is 5.69 Å². The minimum atomic E-state index is -0.641. The second-order valence-corrected chi connectivity index (χ2v) is 6.25. The summed E-state index contributed by atoms with van der Waals surface area (Å²) in [6, 6.07) is 0. The number of hydrogen-bond acceptors (Lipinski definition) is 5. The van der Waals surface area contributed by atoms with E-state index < -0.39 is 11.2 Å². The van der Waals surface area contributed by atoms with Gasteiger partial charge in [-0.2, -0.15) is 0 Å². The summed E-state index contributed by atoms with van der Waals surface area (Å²) in [5.41, 5.74) is 4.91. The molecule has 2 rings (SSSR count). The summed E-state index contributed by atoms with van der Waals surface area (Å²) in [5, 5.41) is 0. The average molecular weight is 324 g/mol. The molecular weight excluding hydrogens is 300 g/mol. The first kappa shape index (κ1) is 17.3. The van der Waals surface area contributed by atoms with Gasteiger partial charge >= 0.3 is 5.69 Å². The van der Waals surface area contributed by atoms with E-state index in [2.05, 4.69) is 4.98 Å². The Bertz CT molecular complexity index is 688. The number of ether oxygens (including phenoxy) is 1. The van der Waals surface area contributed by atoms with Crippen LogP contribution < -0.4 is 21.9 Å². The third-order valence-electron chi connectivity index (χ3n) is 3.74. The molecule has 0 aliphatic heterocycles. The summed E-state index contributed by atoms with van der Waals surface area (Å²) in [5.74, 6) is -0.0250. The van der Waals surface area contributed by atoms with Crippen molar-refractivity contribution in [3.63, 3.8) is 0 Å². The zero-order valence-electron chi connectivity index (χ0n) is 13.8. The van der Waals surface area contributed by atoms with Gasteiger partial charge in [0.1, 0.15) is 5.82 Å². The summed E-state index contributed by atoms with van der Waals surface area (Å²) in [7, 11) is 1.52. The molecule has 23 heavy (non-hydrogen) atoms. The van der Waals surface area contributed by atoms with Crippen molar-refractivity contribution in [2.75, 3.05) is 30.9 Å². The topological polar surface area (TPSA) is 110 Å². The molecule has 8 nitrogen and oxygen atoms in total. The molecule has 1 fully saturated rings. The van der Waals surface area contributed by atoms with Crippen LogP contribution >= 0.6 is 0 Å². The summed E-state index contributed by atoms with van der Waals surface area (Å²) >= 11 is 0. The van der Waals surface area contributed by atoms with Crippen LogP contribution in [0, 0.1) is 11.8 Å². The van der Waals surface area contributed by atoms with Crippen LogP contribution in [0.2, 0.25) is 0 Å². The van der Waals surface area contributed by atoms with Crippen molar-refractivity contribution < 1.29 is 9.53 Å². The number of carbonyl (C=O) groups is 1. The lowest BCUT2D eigenvalue weighted by Gasteiger charge is -2.24. The molecule has 0 unspecified atom stereocenters. The van der Waals surface area contributed by atoms with Gasteiger partial charge < -0.3 is 15.4 Å². The van der Waals surface area contributed by atoms with Gasteiger partial charge in [-0.25, -0.2) is 4.79 Å². The number of H-pyrrole nitrogens is 1. The van der Waals surface area contributed by atoms with E-state index in [9.17, 15) is 14.4 Å². The maximum absolute atomic E-state index is 12.5. The Kier molecular flexibility index (Phi) is 5.25. The van der Waals surface area contributed by atoms with Crippen molar-refractivity contribution >= 4 is 17.4 Å². The zero-order valence-corrected chi connectivity index (χ0v) is 13.8. The molecule has 1 amide bonds. The minimum absolute atomic E-state index is 0.0255. The van der Waals surface area contributed by atoms with Crippen LogP contribution in [-0.4, -0.2) is 35.7 Å². The summed E-state index contributed by atoms with van der Waals surface area (Å²) in [4.78, 5) is 40.4. The van der Waals surface area contributed by atoms with Crippen LogP contribution in [0.5, 0.6) is 0 Å². The zero-order chi connectivity index (χ0) is 17.1. The van der Waals surface area contributed by atoms with Crippen LogP contribution in [0.1, 0.15) is 26.7 Å². The summed E-state index contributed by atoms with van der Waals surface area (Å²) < 4.78 is 6.33. The van der Waals surface area contributed by atoms with Crippen molar-refractivity contribution in [1.29, 1.82) is 0 Å². The number of anilines is 2. The Morgan fingerprint density at radius 1 is 1.43 bits per heavy atom. The second kappa shape index (κ2) is 6.99. The fourth-order valence-electron chi connectivity index (χ4n) is 2.45. The highest BCUT2D eigenvalue weighted by Crippen LogP contribution is 2.33. The molecule has 1 aromatic heterocycles. The first-order valence-corrected chi connectivity index (χ1v) is 7.79. The lowest BCUT2D eigenvalue weighted by molar-refractivity contribution is -0.119. The Labute approximate surface area is 134 Å². The van der Waals surface area contributed by atoms with Crippen molar-refractivity contribution in [2.24, 2.45) is 11.8 Å². The molecule has 1 aliphatic carbocycles. The molecule has 1 aromatic rings. The summed E-state index contributed by atoms with van der Waals surface area (Å²) in [6.45, 7) is 4.74. The van der Waals surface area contributed by atoms with Crippen LogP contribution in [0.3, 0.4) is 0 Å². The molecule has 0 atom stereocenters. The molecule has 0 aromatic carbocycles. The van der Waals surface area contributed by atoms with Crippen molar-refractivity contribution in [3.05, 3.63) is 20.8 Å². The monoisotopic (exact) mass is 324 g/mol. The average Bonchev–Trinajstić information content (AvgIpc) is 3.30. The third-order valence-corrected chi connectivity index (χ3v) is 3.74. The molecular formula is C15H24N4O4. The number of nitrogens with two attached hydrogens (primary N) is 1. The third kappa shape index (κ3) is 3.82. The molecule has 3 N–H and O–H groups in total. The molecule has 0 saturated heterocycles. The number of rotatable bonds is 7. The Hall–Kier alpha value is -2.09. The standard InChI is InChI=1S/C15H24N4O4/c1-9(2)8-19-12(16)11(13(20)17-15(19)22)18(6-7-23-3)14(21)10-4-5-10/h9-10H,4-8,16H2,1-3H3,(H,17,20,22). The van der Waals surface area contributed by atoms with Crippen LogP contribution in [0.4, 0.5) is 11.5 Å². The first-order chi connectivity index (χ1) is 10.9. The van der Waals surface area contributed by atoms with E-state index in [-0.39, 0.29) is 42.4 Å². The minimum Gasteiger partial charge on any atom is -0.383 e. The fraction of sp³-hybridized carbons (Fsp3) is 0.667. The molecule has 0 radical (unpaired) electrons. The second-order valence-electron chi connectivity index (χ2n) is 6.25. The molecule has 0 spiro atoms. The fourth-order valence-corrected chi connectivity index (χ4v) is 2.45. The molecule has 0 bridgehead atoms. The number of aromatic nitrogens is 2. The molecule has 1 heterocycles. The number of hydrogen-bond donors (Lipinski definition) is 2. The van der Waals surface area contributed by atoms with Gasteiger partial charge in [0.05, 0.1) is 6.61 Å². The molecule has 128 valence electrons. The van der Waals surface area contributed by atoms with Crippen LogP contribution in [-0.2, 0) is 16.1 Å². The Morgan fingerprint density at radius 2 is 2.09 bits per heavy atom. The normalized spacial score (nSPS) is 14.3. The van der Waals surface area contributed by atoms with E-state index >= 15 is 0 Å². The lowest BCUT2D eigenvalue weighted by atomic mass is 10.2. The number of methoxy groups -OCH3 is 1. The largest absolute Gasteiger partial charge is 0.383 e. The van der Waals surface area contributed by atoms with E-state index in [0.717, 1.165) is 12.8 Å². The highest BCUT2D eigenvalue weighted by molar-refractivity contribution is 5.98. The van der Waals surface area contributed by atoms with E-state index in [1.807, 2.05) is 13.8 Å². The summed E-state index contributed by atoms with van der Waals surface area (Å²) in [6.07, 6.45) is 1.62. The van der Waals surface area contributed by atoms with Gasteiger partial charge in [0.25, 0.3) is 5.56 Å². The highest BCUT2D eigenvalue weighted by Gasteiger charge is 2.36. The Morgan fingerprint density at radius 3 is 2.61 bits per heavy atom. The predicted octanol–water partition coefficient (Wildman–Crippen LogP) is 0.164. The number of carbonyl (C=O) groups excluding carboxylic acids is 1. The number of amides is 1. The number of aromatic amines is 1. The highest BCUT2D eigenvalue weighted by atomic mass is 16.5. The maximum Gasteiger partial charge on any atom is 0.330 e. The number of nitrogens with zero attached hydrogens (tertiary/aromatic N) is 2. The number of nitrogen functional groups attached to an aromatic ring is 1. The maximum atomic E-state index is 12.5. The van der Waals surface area contributed by atoms with Crippen molar-refractivity contribution in [2.45, 2.75) is 33.2 Å². The van der Waals surface area contributed by atoms with Gasteiger partial charge in [-0.05, 0) is 18.8 Å². The lowest BCUT2D eigenvalue weighted by Crippen LogP contribution is -2.43. The van der Waals surface area contributed by atoms with Gasteiger partial charge in [0, 0.05) is 26.1 Å². The van der Waals surface area contributed by atoms with Gasteiger partial charge in [-0.15, -0.1) is 0 Å². The van der Waals surface area contributed by atoms with E-state index in [4.69, 9.17) is 10.5 Å². The van der Waals surface area contributed by atoms with Gasteiger partial charge in [-0.1, -0.05) is 13.8 Å². The van der Waals surface area contributed by atoms with E-state index in [1.54, 1.807) is 0 Å². The molecule has 1 aliphatic rings. The smallest absolute Gasteiger partial charge is 0.330 e. The quantitative estimate of drug-likeness (QED) is 0.742. The number of nitrogens with one attached hydrogen (secondary N) is 1. The van der Waals surface area contributed by atoms with Crippen LogP contribution in [0.25, 0.3) is 0 Å². The molecule has 8 heteroatoms.